The Bertz CT molecular complexity index is 1080. The van der Waals surface area contributed by atoms with Crippen molar-refractivity contribution in [2.45, 2.75) is 51.7 Å². The van der Waals surface area contributed by atoms with E-state index in [4.69, 9.17) is 13.7 Å². The highest BCUT2D eigenvalue weighted by atomic mass is 32.2. The molecule has 2 rings (SSSR count). The lowest BCUT2D eigenvalue weighted by Crippen LogP contribution is -2.34. The van der Waals surface area contributed by atoms with Crippen molar-refractivity contribution in [3.63, 3.8) is 0 Å². The lowest BCUT2D eigenvalue weighted by Gasteiger charge is -2.23. The first-order chi connectivity index (χ1) is 16.0. The van der Waals surface area contributed by atoms with Crippen LogP contribution in [0.25, 0.3) is 0 Å². The zero-order valence-corrected chi connectivity index (χ0v) is 21.1. The van der Waals surface area contributed by atoms with E-state index in [-0.39, 0.29) is 34.6 Å². The van der Waals surface area contributed by atoms with Crippen molar-refractivity contribution in [3.8, 4) is 5.75 Å². The van der Waals surface area contributed by atoms with Crippen LogP contribution in [0, 0.1) is 5.92 Å². The Morgan fingerprint density at radius 3 is 2.35 bits per heavy atom. The van der Waals surface area contributed by atoms with E-state index >= 15 is 0 Å². The maximum absolute atomic E-state index is 13.0. The third-order valence-corrected chi connectivity index (χ3v) is 6.00. The van der Waals surface area contributed by atoms with Gasteiger partial charge in [-0.2, -0.15) is 8.42 Å². The smallest absolute Gasteiger partial charge is 0.340 e. The summed E-state index contributed by atoms with van der Waals surface area (Å²) in [5, 5.41) is 0. The van der Waals surface area contributed by atoms with Crippen molar-refractivity contribution in [2.24, 2.45) is 5.92 Å². The Hall–Kier alpha value is -2.91. The van der Waals surface area contributed by atoms with Gasteiger partial charge in [0.15, 0.2) is 0 Å². The van der Waals surface area contributed by atoms with Gasteiger partial charge in [0.25, 0.3) is 0 Å². The molecule has 1 amide bonds. The first kappa shape index (κ1) is 27.3. The number of hydrogen-bond donors (Lipinski definition) is 0. The SMILES string of the molecule is COCCN(Cc1cccc(OS(=O)(=O)c2ccccc2C(=O)OC(C)C)c1)C(=O)CC(C)C. The third kappa shape index (κ3) is 8.14. The molecule has 0 aromatic heterocycles. The van der Waals surface area contributed by atoms with Gasteiger partial charge in [0.2, 0.25) is 5.91 Å². The Morgan fingerprint density at radius 2 is 1.71 bits per heavy atom. The number of hydrogen-bond acceptors (Lipinski definition) is 7. The van der Waals surface area contributed by atoms with Gasteiger partial charge in [-0.15, -0.1) is 0 Å². The minimum atomic E-state index is -4.32. The molecule has 0 atom stereocenters. The summed E-state index contributed by atoms with van der Waals surface area (Å²) in [5.74, 6) is -0.472. The molecule has 8 nitrogen and oxygen atoms in total. The Balaban J connectivity index is 2.26. The molecule has 0 radical (unpaired) electrons. The number of amides is 1. The Kier molecular flexibility index (Phi) is 10.1. The molecule has 0 saturated heterocycles. The molecule has 0 aliphatic carbocycles. The van der Waals surface area contributed by atoms with E-state index in [1.807, 2.05) is 13.8 Å². The van der Waals surface area contributed by atoms with Gasteiger partial charge in [-0.05, 0) is 49.6 Å². The van der Waals surface area contributed by atoms with Crippen LogP contribution in [0.15, 0.2) is 53.4 Å². The lowest BCUT2D eigenvalue weighted by molar-refractivity contribution is -0.133. The summed E-state index contributed by atoms with van der Waals surface area (Å²) in [6.45, 7) is 8.39. The van der Waals surface area contributed by atoms with E-state index in [1.54, 1.807) is 50.1 Å². The molecule has 0 heterocycles. The van der Waals surface area contributed by atoms with Crippen molar-refractivity contribution >= 4 is 22.0 Å². The van der Waals surface area contributed by atoms with Crippen LogP contribution in [0.4, 0.5) is 0 Å². The molecular weight excluding hydrogens is 458 g/mol. The van der Waals surface area contributed by atoms with E-state index in [2.05, 4.69) is 0 Å². The van der Waals surface area contributed by atoms with Crippen molar-refractivity contribution in [2.75, 3.05) is 20.3 Å². The molecular formula is C25H33NO7S. The number of ether oxygens (including phenoxy) is 2. The lowest BCUT2D eigenvalue weighted by atomic mass is 10.1. The van der Waals surface area contributed by atoms with E-state index < -0.39 is 22.2 Å². The van der Waals surface area contributed by atoms with Crippen molar-refractivity contribution in [3.05, 3.63) is 59.7 Å². The Labute approximate surface area is 201 Å². The van der Waals surface area contributed by atoms with Gasteiger partial charge in [-0.1, -0.05) is 38.1 Å². The molecule has 0 spiro atoms. The van der Waals surface area contributed by atoms with Crippen LogP contribution < -0.4 is 4.18 Å². The van der Waals surface area contributed by atoms with E-state index in [9.17, 15) is 18.0 Å². The summed E-state index contributed by atoms with van der Waals surface area (Å²) in [7, 11) is -2.75. The van der Waals surface area contributed by atoms with Gasteiger partial charge in [0.05, 0.1) is 18.3 Å². The molecule has 186 valence electrons. The van der Waals surface area contributed by atoms with Crippen LogP contribution in [-0.2, 0) is 30.9 Å². The number of esters is 1. The second kappa shape index (κ2) is 12.5. The van der Waals surface area contributed by atoms with Gasteiger partial charge >= 0.3 is 16.1 Å². The molecule has 0 bridgehead atoms. The molecule has 2 aromatic rings. The topological polar surface area (TPSA) is 99.2 Å². The molecule has 0 N–H and O–H groups in total. The average Bonchev–Trinajstić information content (AvgIpc) is 2.75. The summed E-state index contributed by atoms with van der Waals surface area (Å²) in [6.07, 6.45) is -0.00214. The second-order valence-corrected chi connectivity index (χ2v) is 10.1. The molecule has 9 heteroatoms. The number of carbonyl (C=O) groups is 2. The number of benzene rings is 2. The molecule has 0 aliphatic heterocycles. The van der Waals surface area contributed by atoms with Crippen LogP contribution in [0.1, 0.15) is 50.0 Å². The minimum absolute atomic E-state index is 0.0106. The maximum atomic E-state index is 13.0. The maximum Gasteiger partial charge on any atom is 0.340 e. The first-order valence-electron chi connectivity index (χ1n) is 11.1. The fraction of sp³-hybridized carbons (Fsp3) is 0.440. The first-order valence-corrected chi connectivity index (χ1v) is 12.5. The number of nitrogens with zero attached hydrogens (tertiary/aromatic N) is 1. The fourth-order valence-electron chi connectivity index (χ4n) is 3.19. The molecule has 0 aliphatic rings. The van der Waals surface area contributed by atoms with E-state index in [1.165, 1.54) is 24.3 Å². The fourth-order valence-corrected chi connectivity index (χ4v) is 4.30. The van der Waals surface area contributed by atoms with Gasteiger partial charge < -0.3 is 18.6 Å². The molecule has 2 aromatic carbocycles. The normalized spacial score (nSPS) is 11.5. The van der Waals surface area contributed by atoms with Crippen molar-refractivity contribution in [1.29, 1.82) is 0 Å². The largest absolute Gasteiger partial charge is 0.459 e. The molecule has 34 heavy (non-hydrogen) atoms. The quantitative estimate of drug-likeness (QED) is 0.326. The third-order valence-electron chi connectivity index (χ3n) is 4.70. The monoisotopic (exact) mass is 491 g/mol. The van der Waals surface area contributed by atoms with Crippen LogP contribution >= 0.6 is 0 Å². The van der Waals surface area contributed by atoms with Crippen LogP contribution in [0.5, 0.6) is 5.75 Å². The predicted molar refractivity (Wildman–Crippen MR) is 128 cm³/mol. The van der Waals surface area contributed by atoms with Crippen LogP contribution in [-0.4, -0.2) is 51.6 Å². The zero-order chi connectivity index (χ0) is 25.3. The summed E-state index contributed by atoms with van der Waals surface area (Å²) in [6, 6.07) is 12.3. The highest BCUT2D eigenvalue weighted by molar-refractivity contribution is 7.87. The van der Waals surface area contributed by atoms with Gasteiger partial charge in [-0.3, -0.25) is 4.79 Å². The predicted octanol–water partition coefficient (Wildman–Crippen LogP) is 4.04. The van der Waals surface area contributed by atoms with Crippen molar-refractivity contribution < 1.29 is 31.7 Å². The van der Waals surface area contributed by atoms with E-state index in [0.29, 0.717) is 25.1 Å². The number of methoxy groups -OCH3 is 1. The molecule has 0 saturated carbocycles. The Morgan fingerprint density at radius 1 is 1.00 bits per heavy atom. The summed E-state index contributed by atoms with van der Waals surface area (Å²) in [5.41, 5.74) is 0.603. The standard InChI is InChI=1S/C25H33NO7S/c1-18(2)15-24(27)26(13-14-31-5)17-20-9-8-10-21(16-20)33-34(29,30)23-12-7-6-11-22(23)25(28)32-19(3)4/h6-12,16,18-19H,13-15,17H2,1-5H3. The molecule has 0 unspecified atom stereocenters. The number of rotatable bonds is 12. The average molecular weight is 492 g/mol. The van der Waals surface area contributed by atoms with Crippen LogP contribution in [0.3, 0.4) is 0 Å². The zero-order valence-electron chi connectivity index (χ0n) is 20.3. The summed E-state index contributed by atoms with van der Waals surface area (Å²) >= 11 is 0. The van der Waals surface area contributed by atoms with Gasteiger partial charge in [0.1, 0.15) is 10.6 Å². The summed E-state index contributed by atoms with van der Waals surface area (Å²) < 4.78 is 41.6. The van der Waals surface area contributed by atoms with Gasteiger partial charge in [0, 0.05) is 26.6 Å². The highest BCUT2D eigenvalue weighted by Crippen LogP contribution is 2.24. The van der Waals surface area contributed by atoms with Gasteiger partial charge in [-0.25, -0.2) is 4.79 Å². The summed E-state index contributed by atoms with van der Waals surface area (Å²) in [4.78, 5) is 26.4. The second-order valence-electron chi connectivity index (χ2n) is 8.54. The molecule has 0 fully saturated rings. The minimum Gasteiger partial charge on any atom is -0.459 e. The van der Waals surface area contributed by atoms with E-state index in [0.717, 1.165) is 0 Å². The highest BCUT2D eigenvalue weighted by Gasteiger charge is 2.26. The number of carbonyl (C=O) groups excluding carboxylic acids is 2. The van der Waals surface area contributed by atoms with Crippen LogP contribution in [0.2, 0.25) is 0 Å². The van der Waals surface area contributed by atoms with Crippen molar-refractivity contribution in [1.82, 2.24) is 4.90 Å².